The summed E-state index contributed by atoms with van der Waals surface area (Å²) in [7, 11) is 0. The van der Waals surface area contributed by atoms with Crippen LogP contribution in [0.2, 0.25) is 0 Å². The zero-order chi connectivity index (χ0) is 10.1. The fourth-order valence-electron chi connectivity index (χ4n) is 1.62. The normalized spacial score (nSPS) is 24.0. The number of ketones is 1. The number of aliphatic carboxylic acids is 1. The predicted molar refractivity (Wildman–Crippen MR) is 45.2 cm³/mol. The molecule has 0 aromatic carbocycles. The minimum absolute atomic E-state index is 0.113. The zero-order valence-electron chi connectivity index (χ0n) is 7.62. The number of rotatable bonds is 2. The standard InChI is InChI=1S/C9H14O4/c1-6(8(11)12)9(13)4-2-7(10)3-5-9/h6,13H,2-5H2,1H3,(H,11,12). The van der Waals surface area contributed by atoms with Crippen LogP contribution in [0.5, 0.6) is 0 Å². The van der Waals surface area contributed by atoms with E-state index in [4.69, 9.17) is 5.11 Å². The number of carbonyl (C=O) groups is 2. The number of carboxylic acids is 1. The van der Waals surface area contributed by atoms with E-state index >= 15 is 0 Å². The predicted octanol–water partition coefficient (Wildman–Crippen LogP) is 0.581. The Labute approximate surface area is 76.6 Å². The van der Waals surface area contributed by atoms with Crippen LogP contribution >= 0.6 is 0 Å². The topological polar surface area (TPSA) is 74.6 Å². The number of Topliss-reactive ketones (excluding diaryl/α,β-unsaturated/α-hetero) is 1. The molecule has 74 valence electrons. The molecule has 0 amide bonds. The summed E-state index contributed by atoms with van der Waals surface area (Å²) in [6, 6.07) is 0. The van der Waals surface area contributed by atoms with Gasteiger partial charge in [0.2, 0.25) is 0 Å². The maximum absolute atomic E-state index is 10.9. The molecule has 1 fully saturated rings. The van der Waals surface area contributed by atoms with E-state index in [2.05, 4.69) is 0 Å². The van der Waals surface area contributed by atoms with Gasteiger partial charge in [-0.3, -0.25) is 9.59 Å². The Hall–Kier alpha value is -0.900. The molecule has 0 heterocycles. The van der Waals surface area contributed by atoms with Crippen molar-refractivity contribution in [3.8, 4) is 0 Å². The quantitative estimate of drug-likeness (QED) is 0.661. The number of carboxylic acid groups (broad SMARTS) is 1. The number of carbonyl (C=O) groups excluding carboxylic acids is 1. The first kappa shape index (κ1) is 10.2. The molecular weight excluding hydrogens is 172 g/mol. The van der Waals surface area contributed by atoms with Gasteiger partial charge < -0.3 is 10.2 Å². The fourth-order valence-corrected chi connectivity index (χ4v) is 1.62. The summed E-state index contributed by atoms with van der Waals surface area (Å²) in [4.78, 5) is 21.5. The van der Waals surface area contributed by atoms with E-state index in [1.807, 2.05) is 0 Å². The molecule has 1 saturated carbocycles. The van der Waals surface area contributed by atoms with Gasteiger partial charge in [0.25, 0.3) is 0 Å². The largest absolute Gasteiger partial charge is 0.481 e. The lowest BCUT2D eigenvalue weighted by atomic mass is 9.76. The molecule has 4 nitrogen and oxygen atoms in total. The Balaban J connectivity index is 2.66. The lowest BCUT2D eigenvalue weighted by molar-refractivity contribution is -0.155. The van der Waals surface area contributed by atoms with Crippen molar-refractivity contribution < 1.29 is 19.8 Å². The monoisotopic (exact) mass is 186 g/mol. The van der Waals surface area contributed by atoms with Gasteiger partial charge in [-0.1, -0.05) is 0 Å². The molecule has 1 unspecified atom stereocenters. The molecule has 0 saturated heterocycles. The maximum Gasteiger partial charge on any atom is 0.309 e. The maximum atomic E-state index is 10.9. The highest BCUT2D eigenvalue weighted by atomic mass is 16.4. The van der Waals surface area contributed by atoms with Crippen molar-refractivity contribution in [3.63, 3.8) is 0 Å². The van der Waals surface area contributed by atoms with E-state index in [0.717, 1.165) is 0 Å². The number of aliphatic hydroxyl groups is 1. The fraction of sp³-hybridized carbons (Fsp3) is 0.778. The van der Waals surface area contributed by atoms with Gasteiger partial charge >= 0.3 is 5.97 Å². The van der Waals surface area contributed by atoms with Crippen LogP contribution in [0.15, 0.2) is 0 Å². The average molecular weight is 186 g/mol. The minimum atomic E-state index is -1.18. The lowest BCUT2D eigenvalue weighted by Crippen LogP contribution is -2.43. The summed E-state index contributed by atoms with van der Waals surface area (Å²) in [6.45, 7) is 1.48. The first-order chi connectivity index (χ1) is 5.96. The summed E-state index contributed by atoms with van der Waals surface area (Å²) < 4.78 is 0. The van der Waals surface area contributed by atoms with Crippen molar-refractivity contribution >= 4 is 11.8 Å². The van der Waals surface area contributed by atoms with E-state index in [-0.39, 0.29) is 18.6 Å². The van der Waals surface area contributed by atoms with Crippen LogP contribution in [0, 0.1) is 5.92 Å². The van der Waals surface area contributed by atoms with Gasteiger partial charge in [-0.2, -0.15) is 0 Å². The first-order valence-electron chi connectivity index (χ1n) is 4.42. The zero-order valence-corrected chi connectivity index (χ0v) is 7.62. The van der Waals surface area contributed by atoms with Gasteiger partial charge in [-0.05, 0) is 19.8 Å². The molecular formula is C9H14O4. The summed E-state index contributed by atoms with van der Waals surface area (Å²) >= 11 is 0. The molecule has 0 radical (unpaired) electrons. The highest BCUT2D eigenvalue weighted by Crippen LogP contribution is 2.32. The van der Waals surface area contributed by atoms with Gasteiger partial charge in [0.05, 0.1) is 11.5 Å². The van der Waals surface area contributed by atoms with Crippen molar-refractivity contribution in [1.82, 2.24) is 0 Å². The molecule has 0 aromatic rings. The van der Waals surface area contributed by atoms with Crippen LogP contribution in [-0.2, 0) is 9.59 Å². The molecule has 0 spiro atoms. The third-order valence-corrected chi connectivity index (χ3v) is 2.85. The van der Waals surface area contributed by atoms with Gasteiger partial charge in [0.1, 0.15) is 5.78 Å². The van der Waals surface area contributed by atoms with Crippen molar-refractivity contribution in [3.05, 3.63) is 0 Å². The van der Waals surface area contributed by atoms with Crippen LogP contribution in [-0.4, -0.2) is 27.6 Å². The second kappa shape index (κ2) is 3.46. The third-order valence-electron chi connectivity index (χ3n) is 2.85. The van der Waals surface area contributed by atoms with E-state index in [9.17, 15) is 14.7 Å². The first-order valence-corrected chi connectivity index (χ1v) is 4.42. The molecule has 0 aromatic heterocycles. The van der Waals surface area contributed by atoms with Crippen molar-refractivity contribution in [2.45, 2.75) is 38.2 Å². The Kier molecular flexibility index (Phi) is 2.71. The molecule has 1 aliphatic carbocycles. The number of hydrogen-bond acceptors (Lipinski definition) is 3. The van der Waals surface area contributed by atoms with Crippen LogP contribution in [0.4, 0.5) is 0 Å². The molecule has 2 N–H and O–H groups in total. The van der Waals surface area contributed by atoms with Gasteiger partial charge in [0, 0.05) is 12.8 Å². The van der Waals surface area contributed by atoms with Gasteiger partial charge in [0.15, 0.2) is 0 Å². The van der Waals surface area contributed by atoms with Crippen LogP contribution < -0.4 is 0 Å². The molecule has 1 atom stereocenters. The lowest BCUT2D eigenvalue weighted by Gasteiger charge is -2.34. The Morgan fingerprint density at radius 1 is 1.46 bits per heavy atom. The highest BCUT2D eigenvalue weighted by Gasteiger charge is 2.40. The molecule has 0 aliphatic heterocycles. The molecule has 1 rings (SSSR count). The average Bonchev–Trinajstić information content (AvgIpc) is 2.09. The second-order valence-corrected chi connectivity index (χ2v) is 3.70. The van der Waals surface area contributed by atoms with Crippen LogP contribution in [0.1, 0.15) is 32.6 Å². The van der Waals surface area contributed by atoms with E-state index in [1.165, 1.54) is 6.92 Å². The second-order valence-electron chi connectivity index (χ2n) is 3.70. The Morgan fingerprint density at radius 2 is 1.92 bits per heavy atom. The summed E-state index contributed by atoms with van der Waals surface area (Å²) in [5, 5.41) is 18.6. The van der Waals surface area contributed by atoms with E-state index in [0.29, 0.717) is 12.8 Å². The Morgan fingerprint density at radius 3 is 2.31 bits per heavy atom. The summed E-state index contributed by atoms with van der Waals surface area (Å²) in [5.41, 5.74) is -1.18. The van der Waals surface area contributed by atoms with Crippen LogP contribution in [0.3, 0.4) is 0 Å². The third kappa shape index (κ3) is 2.06. The number of hydrogen-bond donors (Lipinski definition) is 2. The SMILES string of the molecule is CC(C(=O)O)C1(O)CCC(=O)CC1. The Bertz CT molecular complexity index is 224. The molecule has 13 heavy (non-hydrogen) atoms. The minimum Gasteiger partial charge on any atom is -0.481 e. The van der Waals surface area contributed by atoms with Gasteiger partial charge in [-0.15, -0.1) is 0 Å². The summed E-state index contributed by atoms with van der Waals surface area (Å²) in [6.07, 6.45) is 1.15. The molecule has 4 heteroatoms. The van der Waals surface area contributed by atoms with E-state index in [1.54, 1.807) is 0 Å². The van der Waals surface area contributed by atoms with Crippen molar-refractivity contribution in [1.29, 1.82) is 0 Å². The smallest absolute Gasteiger partial charge is 0.309 e. The van der Waals surface area contributed by atoms with Crippen molar-refractivity contribution in [2.24, 2.45) is 5.92 Å². The molecule has 0 bridgehead atoms. The van der Waals surface area contributed by atoms with Crippen molar-refractivity contribution in [2.75, 3.05) is 0 Å². The highest BCUT2D eigenvalue weighted by molar-refractivity contribution is 5.80. The summed E-state index contributed by atoms with van der Waals surface area (Å²) in [5.74, 6) is -1.68. The van der Waals surface area contributed by atoms with E-state index < -0.39 is 17.5 Å². The molecule has 1 aliphatic rings. The van der Waals surface area contributed by atoms with Crippen LogP contribution in [0.25, 0.3) is 0 Å². The van der Waals surface area contributed by atoms with Gasteiger partial charge in [-0.25, -0.2) is 0 Å².